The van der Waals surface area contributed by atoms with Crippen LogP contribution in [-0.4, -0.2) is 70.6 Å². The normalized spacial score (nSPS) is 17.1. The fourth-order valence-electron chi connectivity index (χ4n) is 7.11. The third-order valence-electron chi connectivity index (χ3n) is 9.99. The number of carbonyl (C=O) groups is 2. The predicted molar refractivity (Wildman–Crippen MR) is 194 cm³/mol. The van der Waals surface area contributed by atoms with E-state index < -0.39 is 6.29 Å². The number of para-hydroxylation sites is 2. The van der Waals surface area contributed by atoms with Gasteiger partial charge in [-0.1, -0.05) is 72.8 Å². The van der Waals surface area contributed by atoms with Crippen molar-refractivity contribution in [3.8, 4) is 0 Å². The minimum absolute atomic E-state index is 0.0364. The molecule has 262 valence electrons. The summed E-state index contributed by atoms with van der Waals surface area (Å²) in [5.41, 5.74) is 4.36. The molecule has 4 aromatic carbocycles. The van der Waals surface area contributed by atoms with Crippen molar-refractivity contribution >= 4 is 22.7 Å². The van der Waals surface area contributed by atoms with Gasteiger partial charge in [-0.2, -0.15) is 0 Å². The maximum absolute atomic E-state index is 14.0. The molecule has 1 amide bonds. The van der Waals surface area contributed by atoms with Gasteiger partial charge in [0.05, 0.1) is 11.0 Å². The van der Waals surface area contributed by atoms with E-state index in [-0.39, 0.29) is 29.3 Å². The lowest BCUT2D eigenvalue weighted by molar-refractivity contribution is -0.0377. The largest absolute Gasteiger partial charge is 0.459 e. The second kappa shape index (κ2) is 15.7. The van der Waals surface area contributed by atoms with E-state index in [1.165, 1.54) is 12.1 Å². The lowest BCUT2D eigenvalue weighted by atomic mass is 9.91. The van der Waals surface area contributed by atoms with E-state index in [0.717, 1.165) is 66.8 Å². The van der Waals surface area contributed by atoms with Crippen LogP contribution in [-0.2, 0) is 22.4 Å². The maximum Gasteiger partial charge on any atom is 0.253 e. The summed E-state index contributed by atoms with van der Waals surface area (Å²) in [4.78, 5) is 36.2. The summed E-state index contributed by atoms with van der Waals surface area (Å²) >= 11 is 0. The molecule has 2 aliphatic heterocycles. The quantitative estimate of drug-likeness (QED) is 0.121. The molecule has 2 aliphatic rings. The molecule has 1 fully saturated rings. The van der Waals surface area contributed by atoms with E-state index in [2.05, 4.69) is 17.0 Å². The molecule has 8 nitrogen and oxygen atoms in total. The van der Waals surface area contributed by atoms with Crippen LogP contribution in [0.1, 0.15) is 51.4 Å². The Hall–Kier alpha value is -5.28. The van der Waals surface area contributed by atoms with Crippen LogP contribution in [0.5, 0.6) is 0 Å². The Morgan fingerprint density at radius 2 is 1.57 bits per heavy atom. The third kappa shape index (κ3) is 8.21. The van der Waals surface area contributed by atoms with Crippen molar-refractivity contribution in [1.29, 1.82) is 0 Å². The van der Waals surface area contributed by atoms with Gasteiger partial charge in [0, 0.05) is 44.0 Å². The molecular formula is C42H43FN4O4. The van der Waals surface area contributed by atoms with Gasteiger partial charge < -0.3 is 23.8 Å². The minimum atomic E-state index is -0.408. The van der Waals surface area contributed by atoms with Gasteiger partial charge in [-0.15, -0.1) is 0 Å². The number of imidazole rings is 1. The zero-order valence-corrected chi connectivity index (χ0v) is 28.9. The molecule has 1 saturated heterocycles. The van der Waals surface area contributed by atoms with E-state index in [0.29, 0.717) is 30.9 Å². The van der Waals surface area contributed by atoms with Crippen LogP contribution in [0.25, 0.3) is 11.0 Å². The van der Waals surface area contributed by atoms with Gasteiger partial charge in [0.15, 0.2) is 5.82 Å². The van der Waals surface area contributed by atoms with Crippen molar-refractivity contribution < 1.29 is 23.5 Å². The number of carbonyl (C=O) groups excluding carboxylic acids is 2. The average Bonchev–Trinajstić information content (AvgIpc) is 3.79. The molecule has 2 unspecified atom stereocenters. The first-order chi connectivity index (χ1) is 24.9. The first-order valence-electron chi connectivity index (χ1n) is 17.7. The number of halogens is 1. The molecule has 3 heterocycles. The van der Waals surface area contributed by atoms with Gasteiger partial charge in [-0.3, -0.25) is 9.59 Å². The van der Waals surface area contributed by atoms with Gasteiger partial charge in [0.2, 0.25) is 12.1 Å². The molecule has 7 rings (SSSR count). The zero-order valence-electron chi connectivity index (χ0n) is 28.9. The van der Waals surface area contributed by atoms with Crippen LogP contribution in [0.4, 0.5) is 4.39 Å². The van der Waals surface area contributed by atoms with E-state index in [4.69, 9.17) is 14.5 Å². The van der Waals surface area contributed by atoms with Crippen LogP contribution >= 0.6 is 0 Å². The van der Waals surface area contributed by atoms with Crippen molar-refractivity contribution in [2.75, 3.05) is 33.2 Å². The molecule has 0 bridgehead atoms. The number of nitrogens with zero attached hydrogens (tertiary/aromatic N) is 4. The van der Waals surface area contributed by atoms with E-state index in [1.807, 2.05) is 84.4 Å². The molecule has 51 heavy (non-hydrogen) atoms. The first-order valence-corrected chi connectivity index (χ1v) is 17.7. The number of ether oxygens (including phenoxy) is 2. The molecule has 0 radical (unpaired) electrons. The van der Waals surface area contributed by atoms with Crippen LogP contribution in [0.3, 0.4) is 0 Å². The van der Waals surface area contributed by atoms with Gasteiger partial charge in [0.25, 0.3) is 5.91 Å². The first kappa shape index (κ1) is 34.2. The van der Waals surface area contributed by atoms with Gasteiger partial charge in [-0.25, -0.2) is 9.37 Å². The Morgan fingerprint density at radius 1 is 0.882 bits per heavy atom. The molecule has 0 saturated carbocycles. The summed E-state index contributed by atoms with van der Waals surface area (Å²) < 4.78 is 27.9. The number of ketones is 1. The fourth-order valence-corrected chi connectivity index (χ4v) is 7.11. The number of benzene rings is 4. The zero-order chi connectivity index (χ0) is 35.2. The third-order valence-corrected chi connectivity index (χ3v) is 9.99. The monoisotopic (exact) mass is 686 g/mol. The Bertz CT molecular complexity index is 1970. The molecule has 5 aromatic rings. The van der Waals surface area contributed by atoms with Crippen LogP contribution < -0.4 is 0 Å². The highest BCUT2D eigenvalue weighted by atomic mass is 19.1. The van der Waals surface area contributed by atoms with Gasteiger partial charge in [-0.05, 0) is 86.4 Å². The SMILES string of the molecule is CN(CC(CCN1CCC(C(=O)c2nc3ccccc3n2Cc2ccc(F)cc2)CC1)C1=COC(Cc2ccccc2)O1)C(=O)c1ccccc1. The second-order valence-corrected chi connectivity index (χ2v) is 13.5. The number of piperidine rings is 1. The standard InChI is InChI=1S/C42H43FN4O4/c1-45(42(49)33-12-6-3-7-13-33)28-34(38-29-50-39(51-38)26-30-10-4-2-5-11-30)22-25-46-23-20-32(21-24-46)40(48)41-44-36-14-8-9-15-37(36)47(41)27-31-16-18-35(43)19-17-31/h2-19,29,32,34,39H,20-28H2,1H3. The second-order valence-electron chi connectivity index (χ2n) is 13.5. The Labute approximate surface area is 298 Å². The summed E-state index contributed by atoms with van der Waals surface area (Å²) in [6.45, 7) is 3.30. The van der Waals surface area contributed by atoms with Crippen molar-refractivity contribution in [3.05, 3.63) is 150 Å². The van der Waals surface area contributed by atoms with Gasteiger partial charge >= 0.3 is 0 Å². The van der Waals surface area contributed by atoms with E-state index in [1.54, 1.807) is 23.3 Å². The van der Waals surface area contributed by atoms with Crippen LogP contribution in [0.2, 0.25) is 0 Å². The lowest BCUT2D eigenvalue weighted by Gasteiger charge is -2.33. The minimum Gasteiger partial charge on any atom is -0.459 e. The highest BCUT2D eigenvalue weighted by Gasteiger charge is 2.32. The highest BCUT2D eigenvalue weighted by Crippen LogP contribution is 2.30. The fraction of sp³-hybridized carbons (Fsp3) is 0.310. The topological polar surface area (TPSA) is 76.9 Å². The molecule has 2 atom stereocenters. The lowest BCUT2D eigenvalue weighted by Crippen LogP contribution is -2.39. The number of rotatable bonds is 13. The summed E-state index contributed by atoms with van der Waals surface area (Å²) in [6.07, 6.45) is 4.18. The van der Waals surface area contributed by atoms with E-state index in [9.17, 15) is 14.0 Å². The van der Waals surface area contributed by atoms with Crippen LogP contribution in [0, 0.1) is 17.7 Å². The smallest absolute Gasteiger partial charge is 0.253 e. The molecule has 9 heteroatoms. The van der Waals surface area contributed by atoms with Crippen molar-refractivity contribution in [3.63, 3.8) is 0 Å². The Balaban J connectivity index is 0.995. The summed E-state index contributed by atoms with van der Waals surface area (Å²) in [6, 6.07) is 33.6. The number of fused-ring (bicyclic) bond motifs is 1. The molecule has 1 aromatic heterocycles. The number of hydrogen-bond acceptors (Lipinski definition) is 6. The summed E-state index contributed by atoms with van der Waals surface area (Å²) in [5.74, 6) is 0.750. The molecule has 0 N–H and O–H groups in total. The van der Waals surface area contributed by atoms with Crippen molar-refractivity contribution in [2.24, 2.45) is 11.8 Å². The number of Topliss-reactive ketones (excluding diaryl/α,β-unsaturated/α-hetero) is 1. The predicted octanol–water partition coefficient (Wildman–Crippen LogP) is 7.35. The number of hydrogen-bond donors (Lipinski definition) is 0. The van der Waals surface area contributed by atoms with Crippen molar-refractivity contribution in [1.82, 2.24) is 19.4 Å². The molecular weight excluding hydrogens is 643 g/mol. The summed E-state index contributed by atoms with van der Waals surface area (Å²) in [5, 5.41) is 0. The Kier molecular flexibility index (Phi) is 10.5. The number of likely N-dealkylation sites (tertiary alicyclic amines) is 1. The number of amides is 1. The van der Waals surface area contributed by atoms with Crippen molar-refractivity contribution in [2.45, 2.75) is 38.5 Å². The van der Waals surface area contributed by atoms with Crippen LogP contribution in [0.15, 0.2) is 121 Å². The Morgan fingerprint density at radius 3 is 2.31 bits per heavy atom. The molecule has 0 spiro atoms. The van der Waals surface area contributed by atoms with Gasteiger partial charge in [0.1, 0.15) is 17.8 Å². The van der Waals surface area contributed by atoms with E-state index >= 15 is 0 Å². The maximum atomic E-state index is 14.0. The number of aromatic nitrogens is 2. The highest BCUT2D eigenvalue weighted by molar-refractivity contribution is 5.98. The average molecular weight is 687 g/mol. The summed E-state index contributed by atoms with van der Waals surface area (Å²) in [7, 11) is 1.83. The molecule has 0 aliphatic carbocycles.